The summed E-state index contributed by atoms with van der Waals surface area (Å²) in [6, 6.07) is 6.03. The molecule has 0 radical (unpaired) electrons. The highest BCUT2D eigenvalue weighted by molar-refractivity contribution is 6.34. The molecule has 0 bridgehead atoms. The molecule has 102 valence electrons. The van der Waals surface area contributed by atoms with Crippen LogP contribution in [0.25, 0.3) is 11.0 Å². The number of nitrogens with zero attached hydrogens (tertiary/aromatic N) is 2. The van der Waals surface area contributed by atoms with E-state index >= 15 is 0 Å². The van der Waals surface area contributed by atoms with Crippen LogP contribution in [0.2, 0.25) is 5.02 Å². The standard InChI is InChI=1S/C15H18Cl2N2/c1-15(8-2-3-9-15)19-12-6-4-5-11(17)14(12)18-13(19)7-10-16/h4-6H,2-3,7-10H2,1H3. The molecule has 1 saturated carbocycles. The normalized spacial score (nSPS) is 18.3. The van der Waals surface area contributed by atoms with Gasteiger partial charge < -0.3 is 4.57 Å². The first-order valence-electron chi connectivity index (χ1n) is 6.88. The number of hydrogen-bond acceptors (Lipinski definition) is 1. The molecular formula is C15H18Cl2N2. The minimum Gasteiger partial charge on any atom is -0.322 e. The Bertz CT molecular complexity index is 597. The Morgan fingerprint density at radius 3 is 2.74 bits per heavy atom. The molecule has 2 aromatic rings. The van der Waals surface area contributed by atoms with Crippen LogP contribution in [0, 0.1) is 0 Å². The SMILES string of the molecule is CC1(n2c(CCCl)nc3c(Cl)cccc32)CCCC1. The second-order valence-corrected chi connectivity index (χ2v) is 6.40. The zero-order chi connectivity index (χ0) is 13.5. The molecular weight excluding hydrogens is 279 g/mol. The fourth-order valence-corrected chi connectivity index (χ4v) is 3.71. The molecule has 1 heterocycles. The van der Waals surface area contributed by atoms with Crippen LogP contribution in [-0.2, 0) is 12.0 Å². The van der Waals surface area contributed by atoms with Gasteiger partial charge in [-0.05, 0) is 31.9 Å². The summed E-state index contributed by atoms with van der Waals surface area (Å²) in [7, 11) is 0. The summed E-state index contributed by atoms with van der Waals surface area (Å²) in [5, 5.41) is 0.730. The lowest BCUT2D eigenvalue weighted by Gasteiger charge is -2.28. The van der Waals surface area contributed by atoms with Gasteiger partial charge in [-0.1, -0.05) is 30.5 Å². The van der Waals surface area contributed by atoms with E-state index in [4.69, 9.17) is 28.2 Å². The summed E-state index contributed by atoms with van der Waals surface area (Å²) in [6.07, 6.45) is 5.79. The lowest BCUT2D eigenvalue weighted by molar-refractivity contribution is 0.329. The van der Waals surface area contributed by atoms with Crippen molar-refractivity contribution in [2.45, 2.75) is 44.6 Å². The topological polar surface area (TPSA) is 17.8 Å². The monoisotopic (exact) mass is 296 g/mol. The summed E-state index contributed by atoms with van der Waals surface area (Å²) >= 11 is 12.2. The van der Waals surface area contributed by atoms with Gasteiger partial charge in [-0.3, -0.25) is 0 Å². The van der Waals surface area contributed by atoms with Crippen LogP contribution < -0.4 is 0 Å². The highest BCUT2D eigenvalue weighted by Gasteiger charge is 2.33. The maximum absolute atomic E-state index is 6.29. The number of para-hydroxylation sites is 1. The van der Waals surface area contributed by atoms with E-state index in [1.54, 1.807) is 0 Å². The van der Waals surface area contributed by atoms with E-state index in [0.29, 0.717) is 5.88 Å². The van der Waals surface area contributed by atoms with Crippen molar-refractivity contribution < 1.29 is 0 Å². The van der Waals surface area contributed by atoms with Crippen LogP contribution >= 0.6 is 23.2 Å². The summed E-state index contributed by atoms with van der Waals surface area (Å²) in [4.78, 5) is 4.74. The number of aromatic nitrogens is 2. The van der Waals surface area contributed by atoms with E-state index in [1.165, 1.54) is 25.7 Å². The molecule has 19 heavy (non-hydrogen) atoms. The van der Waals surface area contributed by atoms with Gasteiger partial charge in [0.1, 0.15) is 11.3 Å². The predicted octanol–water partition coefficient (Wildman–Crippen LogP) is 4.76. The average molecular weight is 297 g/mol. The van der Waals surface area contributed by atoms with Crippen LogP contribution in [0.3, 0.4) is 0 Å². The fraction of sp³-hybridized carbons (Fsp3) is 0.533. The Hall–Kier alpha value is -0.730. The van der Waals surface area contributed by atoms with E-state index in [9.17, 15) is 0 Å². The number of rotatable bonds is 3. The molecule has 3 rings (SSSR count). The maximum atomic E-state index is 6.29. The molecule has 1 fully saturated rings. The van der Waals surface area contributed by atoms with Gasteiger partial charge in [0, 0.05) is 17.8 Å². The smallest absolute Gasteiger partial charge is 0.111 e. The second kappa shape index (κ2) is 4.99. The lowest BCUT2D eigenvalue weighted by atomic mass is 9.99. The third kappa shape index (κ3) is 2.15. The molecule has 0 aliphatic heterocycles. The minimum absolute atomic E-state index is 0.167. The van der Waals surface area contributed by atoms with Crippen molar-refractivity contribution in [1.82, 2.24) is 9.55 Å². The van der Waals surface area contributed by atoms with Crippen molar-refractivity contribution in [3.8, 4) is 0 Å². The molecule has 1 aromatic carbocycles. The molecule has 0 spiro atoms. The van der Waals surface area contributed by atoms with Crippen molar-refractivity contribution in [3.05, 3.63) is 29.0 Å². The van der Waals surface area contributed by atoms with Gasteiger partial charge in [-0.2, -0.15) is 0 Å². The Morgan fingerprint density at radius 1 is 1.32 bits per heavy atom. The molecule has 2 nitrogen and oxygen atoms in total. The Kier molecular flexibility index (Phi) is 3.48. The molecule has 0 atom stereocenters. The minimum atomic E-state index is 0.167. The molecule has 0 N–H and O–H groups in total. The van der Waals surface area contributed by atoms with E-state index in [0.717, 1.165) is 28.3 Å². The van der Waals surface area contributed by atoms with E-state index in [1.807, 2.05) is 12.1 Å². The second-order valence-electron chi connectivity index (χ2n) is 5.61. The summed E-state index contributed by atoms with van der Waals surface area (Å²) in [5.41, 5.74) is 2.23. The van der Waals surface area contributed by atoms with Crippen molar-refractivity contribution in [1.29, 1.82) is 0 Å². The van der Waals surface area contributed by atoms with Crippen LogP contribution in [0.1, 0.15) is 38.4 Å². The van der Waals surface area contributed by atoms with Gasteiger partial charge in [0.2, 0.25) is 0 Å². The molecule has 0 amide bonds. The van der Waals surface area contributed by atoms with E-state index < -0.39 is 0 Å². The number of aryl methyl sites for hydroxylation is 1. The number of hydrogen-bond donors (Lipinski definition) is 0. The molecule has 1 aromatic heterocycles. The van der Waals surface area contributed by atoms with Gasteiger partial charge in [-0.25, -0.2) is 4.98 Å². The molecule has 1 aliphatic carbocycles. The first kappa shape index (κ1) is 13.3. The number of halogens is 2. The first-order chi connectivity index (χ1) is 9.15. The predicted molar refractivity (Wildman–Crippen MR) is 81.3 cm³/mol. The highest BCUT2D eigenvalue weighted by atomic mass is 35.5. The lowest BCUT2D eigenvalue weighted by Crippen LogP contribution is -2.28. The Balaban J connectivity index is 2.25. The third-order valence-electron chi connectivity index (χ3n) is 4.24. The highest BCUT2D eigenvalue weighted by Crippen LogP contribution is 2.40. The van der Waals surface area contributed by atoms with Crippen LogP contribution in [0.5, 0.6) is 0 Å². The summed E-state index contributed by atoms with van der Waals surface area (Å²) in [5.74, 6) is 1.67. The zero-order valence-electron chi connectivity index (χ0n) is 11.1. The largest absolute Gasteiger partial charge is 0.322 e. The van der Waals surface area contributed by atoms with E-state index in [2.05, 4.69) is 17.6 Å². The van der Waals surface area contributed by atoms with E-state index in [-0.39, 0.29) is 5.54 Å². The quantitative estimate of drug-likeness (QED) is 0.747. The number of alkyl halides is 1. The third-order valence-corrected chi connectivity index (χ3v) is 4.74. The van der Waals surface area contributed by atoms with Crippen molar-refractivity contribution in [2.24, 2.45) is 0 Å². The number of fused-ring (bicyclic) bond motifs is 1. The Labute approximate surface area is 123 Å². The van der Waals surface area contributed by atoms with Crippen molar-refractivity contribution in [3.63, 3.8) is 0 Å². The molecule has 0 unspecified atom stereocenters. The summed E-state index contributed by atoms with van der Waals surface area (Å²) < 4.78 is 2.39. The van der Waals surface area contributed by atoms with Crippen molar-refractivity contribution in [2.75, 3.05) is 5.88 Å². The maximum Gasteiger partial charge on any atom is 0.111 e. The summed E-state index contributed by atoms with van der Waals surface area (Å²) in [6.45, 7) is 2.33. The molecule has 4 heteroatoms. The van der Waals surface area contributed by atoms with Gasteiger partial charge in [0.25, 0.3) is 0 Å². The zero-order valence-corrected chi connectivity index (χ0v) is 12.6. The van der Waals surface area contributed by atoms with Gasteiger partial charge in [0.15, 0.2) is 0 Å². The number of benzene rings is 1. The fourth-order valence-electron chi connectivity index (χ4n) is 3.33. The van der Waals surface area contributed by atoms with Gasteiger partial charge in [0.05, 0.1) is 10.5 Å². The molecule has 1 aliphatic rings. The Morgan fingerprint density at radius 2 is 2.05 bits per heavy atom. The van der Waals surface area contributed by atoms with Crippen LogP contribution in [0.15, 0.2) is 18.2 Å². The van der Waals surface area contributed by atoms with Crippen molar-refractivity contribution >= 4 is 34.2 Å². The number of imidazole rings is 1. The molecule has 0 saturated heterocycles. The average Bonchev–Trinajstić information content (AvgIpc) is 2.95. The van der Waals surface area contributed by atoms with Crippen LogP contribution in [-0.4, -0.2) is 15.4 Å². The van der Waals surface area contributed by atoms with Gasteiger partial charge in [-0.15, -0.1) is 11.6 Å². The van der Waals surface area contributed by atoms with Gasteiger partial charge >= 0.3 is 0 Å². The first-order valence-corrected chi connectivity index (χ1v) is 7.79. The van der Waals surface area contributed by atoms with Crippen LogP contribution in [0.4, 0.5) is 0 Å².